The van der Waals surface area contributed by atoms with Gasteiger partial charge in [0, 0.05) is 18.4 Å². The third-order valence-corrected chi connectivity index (χ3v) is 4.85. The second-order valence-electron chi connectivity index (χ2n) is 6.83. The van der Waals surface area contributed by atoms with E-state index in [9.17, 15) is 0 Å². The van der Waals surface area contributed by atoms with Crippen molar-refractivity contribution in [2.45, 2.75) is 51.1 Å². The lowest BCUT2D eigenvalue weighted by atomic mass is 10.0. The lowest BCUT2D eigenvalue weighted by Crippen LogP contribution is -2.27. The maximum Gasteiger partial charge on any atom is 0.200 e. The second kappa shape index (κ2) is 8.56. The molecule has 2 aromatic carbocycles. The van der Waals surface area contributed by atoms with Gasteiger partial charge in [-0.1, -0.05) is 42.5 Å². The Morgan fingerprint density at radius 1 is 0.692 bits per heavy atom. The molecule has 0 bridgehead atoms. The Bertz CT molecular complexity index is 689. The molecular formula is C22H26O4. The molecular weight excluding hydrogens is 328 g/mol. The molecule has 2 unspecified atom stereocenters. The number of rotatable bonds is 5. The third kappa shape index (κ3) is 4.19. The van der Waals surface area contributed by atoms with E-state index < -0.39 is 0 Å². The van der Waals surface area contributed by atoms with Gasteiger partial charge in [0.05, 0.1) is 13.2 Å². The second-order valence-corrected chi connectivity index (χ2v) is 6.83. The Morgan fingerprint density at radius 3 is 2.04 bits per heavy atom. The van der Waals surface area contributed by atoms with Crippen LogP contribution in [0.15, 0.2) is 48.5 Å². The summed E-state index contributed by atoms with van der Waals surface area (Å²) in [5.74, 6) is 1.48. The van der Waals surface area contributed by atoms with Gasteiger partial charge in [0.25, 0.3) is 0 Å². The smallest absolute Gasteiger partial charge is 0.200 e. The fourth-order valence-electron chi connectivity index (χ4n) is 3.46. The van der Waals surface area contributed by atoms with E-state index >= 15 is 0 Å². The van der Waals surface area contributed by atoms with Crippen molar-refractivity contribution in [1.29, 1.82) is 0 Å². The molecule has 2 aromatic rings. The molecule has 2 aliphatic heterocycles. The van der Waals surface area contributed by atoms with Crippen molar-refractivity contribution < 1.29 is 18.9 Å². The maximum absolute atomic E-state index is 6.31. The van der Waals surface area contributed by atoms with E-state index in [4.69, 9.17) is 18.9 Å². The van der Waals surface area contributed by atoms with Gasteiger partial charge in [-0.15, -0.1) is 0 Å². The van der Waals surface area contributed by atoms with Crippen molar-refractivity contribution in [2.75, 3.05) is 13.2 Å². The Hall–Kier alpha value is -2.04. The van der Waals surface area contributed by atoms with Crippen LogP contribution in [0.25, 0.3) is 11.1 Å². The van der Waals surface area contributed by atoms with Crippen LogP contribution in [0.3, 0.4) is 0 Å². The summed E-state index contributed by atoms with van der Waals surface area (Å²) < 4.78 is 24.1. The molecule has 4 heteroatoms. The van der Waals surface area contributed by atoms with Crippen LogP contribution < -0.4 is 9.47 Å². The van der Waals surface area contributed by atoms with Crippen molar-refractivity contribution in [2.24, 2.45) is 0 Å². The van der Waals surface area contributed by atoms with Crippen LogP contribution in [0.2, 0.25) is 0 Å². The summed E-state index contributed by atoms with van der Waals surface area (Å²) in [7, 11) is 0. The van der Waals surface area contributed by atoms with Crippen LogP contribution in [-0.4, -0.2) is 25.8 Å². The summed E-state index contributed by atoms with van der Waals surface area (Å²) in [6.45, 7) is 1.51. The summed E-state index contributed by atoms with van der Waals surface area (Å²) in [5.41, 5.74) is 2.13. The minimum Gasteiger partial charge on any atom is -0.461 e. The quantitative estimate of drug-likeness (QED) is 0.743. The molecule has 0 amide bonds. The molecule has 4 rings (SSSR count). The molecule has 0 spiro atoms. The number of ether oxygens (including phenoxy) is 4. The van der Waals surface area contributed by atoms with Crippen LogP contribution in [0.1, 0.15) is 38.5 Å². The van der Waals surface area contributed by atoms with E-state index in [1.807, 2.05) is 30.3 Å². The van der Waals surface area contributed by atoms with Crippen molar-refractivity contribution in [3.05, 3.63) is 48.5 Å². The van der Waals surface area contributed by atoms with Crippen LogP contribution >= 0.6 is 0 Å². The lowest BCUT2D eigenvalue weighted by molar-refractivity contribution is -0.118. The topological polar surface area (TPSA) is 36.9 Å². The van der Waals surface area contributed by atoms with E-state index in [0.717, 1.165) is 74.4 Å². The van der Waals surface area contributed by atoms with Gasteiger partial charge in [-0.3, -0.25) is 0 Å². The monoisotopic (exact) mass is 354 g/mol. The van der Waals surface area contributed by atoms with Crippen molar-refractivity contribution in [3.8, 4) is 22.6 Å². The average Bonchev–Trinajstić information content (AvgIpc) is 2.71. The fraction of sp³-hybridized carbons (Fsp3) is 0.455. The van der Waals surface area contributed by atoms with Crippen LogP contribution in [0, 0.1) is 0 Å². The van der Waals surface area contributed by atoms with E-state index in [1.165, 1.54) is 0 Å². The van der Waals surface area contributed by atoms with E-state index in [2.05, 4.69) is 18.2 Å². The normalized spacial score (nSPS) is 23.4. The summed E-state index contributed by atoms with van der Waals surface area (Å²) in [5, 5.41) is 0. The standard InChI is InChI=1S/C22H26O4/c1-2-9-17(10-3-1)18-11-8-12-19(25-20-13-4-6-15-23-20)22(18)26-21-14-5-7-16-24-21/h1-3,8-12,20-21H,4-7,13-16H2. The Kier molecular flexibility index (Phi) is 5.72. The van der Waals surface area contributed by atoms with Gasteiger partial charge < -0.3 is 18.9 Å². The molecule has 0 radical (unpaired) electrons. The van der Waals surface area contributed by atoms with Crippen molar-refractivity contribution in [1.82, 2.24) is 0 Å². The van der Waals surface area contributed by atoms with E-state index in [1.54, 1.807) is 0 Å². The Labute approximate surface area is 155 Å². The largest absolute Gasteiger partial charge is 0.461 e. The minimum atomic E-state index is -0.219. The minimum absolute atomic E-state index is 0.204. The molecule has 0 N–H and O–H groups in total. The van der Waals surface area contributed by atoms with Gasteiger partial charge in [0.15, 0.2) is 24.1 Å². The summed E-state index contributed by atoms with van der Waals surface area (Å²) in [6, 6.07) is 16.3. The SMILES string of the molecule is c1ccc(-c2cccc(OC3CCCCO3)c2OC2CCCCO2)cc1. The summed E-state index contributed by atoms with van der Waals surface area (Å²) in [6.07, 6.45) is 5.85. The maximum atomic E-state index is 6.31. The molecule has 0 aromatic heterocycles. The van der Waals surface area contributed by atoms with Gasteiger partial charge in [0.2, 0.25) is 0 Å². The lowest BCUT2D eigenvalue weighted by Gasteiger charge is -2.28. The van der Waals surface area contributed by atoms with Crippen LogP contribution in [-0.2, 0) is 9.47 Å². The Balaban J connectivity index is 1.65. The zero-order valence-electron chi connectivity index (χ0n) is 15.1. The van der Waals surface area contributed by atoms with E-state index in [-0.39, 0.29) is 12.6 Å². The highest BCUT2D eigenvalue weighted by atomic mass is 16.7. The van der Waals surface area contributed by atoms with Crippen molar-refractivity contribution >= 4 is 0 Å². The first-order chi connectivity index (χ1) is 12.9. The zero-order valence-corrected chi connectivity index (χ0v) is 15.1. The molecule has 0 saturated carbocycles. The average molecular weight is 354 g/mol. The zero-order chi connectivity index (χ0) is 17.6. The molecule has 138 valence electrons. The first-order valence-corrected chi connectivity index (χ1v) is 9.65. The molecule has 2 saturated heterocycles. The predicted molar refractivity (Wildman–Crippen MR) is 100 cm³/mol. The third-order valence-electron chi connectivity index (χ3n) is 4.85. The van der Waals surface area contributed by atoms with Gasteiger partial charge >= 0.3 is 0 Å². The molecule has 2 aliphatic rings. The van der Waals surface area contributed by atoms with Crippen molar-refractivity contribution in [3.63, 3.8) is 0 Å². The number of hydrogen-bond acceptors (Lipinski definition) is 4. The van der Waals surface area contributed by atoms with Gasteiger partial charge in [-0.25, -0.2) is 0 Å². The van der Waals surface area contributed by atoms with Crippen LogP contribution in [0.4, 0.5) is 0 Å². The molecule has 2 heterocycles. The van der Waals surface area contributed by atoms with E-state index in [0.29, 0.717) is 0 Å². The highest BCUT2D eigenvalue weighted by Crippen LogP contribution is 2.40. The highest BCUT2D eigenvalue weighted by Gasteiger charge is 2.23. The molecule has 2 atom stereocenters. The highest BCUT2D eigenvalue weighted by molar-refractivity contribution is 5.73. The Morgan fingerprint density at radius 2 is 1.38 bits per heavy atom. The molecule has 0 aliphatic carbocycles. The first kappa shape index (κ1) is 17.4. The summed E-state index contributed by atoms with van der Waals surface area (Å²) in [4.78, 5) is 0. The first-order valence-electron chi connectivity index (χ1n) is 9.65. The number of benzene rings is 2. The van der Waals surface area contributed by atoms with Gasteiger partial charge in [0.1, 0.15) is 0 Å². The molecule has 4 nitrogen and oxygen atoms in total. The van der Waals surface area contributed by atoms with Gasteiger partial charge in [-0.05, 0) is 37.3 Å². The molecule has 2 fully saturated rings. The summed E-state index contributed by atoms with van der Waals surface area (Å²) >= 11 is 0. The molecule has 26 heavy (non-hydrogen) atoms. The number of para-hydroxylation sites is 1. The van der Waals surface area contributed by atoms with Gasteiger partial charge in [-0.2, -0.15) is 0 Å². The number of hydrogen-bond donors (Lipinski definition) is 0. The predicted octanol–water partition coefficient (Wildman–Crippen LogP) is 5.16. The van der Waals surface area contributed by atoms with Crippen LogP contribution in [0.5, 0.6) is 11.5 Å². The fourth-order valence-corrected chi connectivity index (χ4v) is 3.46.